The number of hydrogen-bond acceptors (Lipinski definition) is 3. The monoisotopic (exact) mass is 341 g/mol. The smallest absolute Gasteiger partial charge is 0.227 e. The summed E-state index contributed by atoms with van der Waals surface area (Å²) < 4.78 is 7.72. The van der Waals surface area contributed by atoms with Gasteiger partial charge >= 0.3 is 0 Å². The average Bonchev–Trinajstić information content (AvgIpc) is 2.87. The molecule has 1 unspecified atom stereocenters. The van der Waals surface area contributed by atoms with Gasteiger partial charge in [-0.1, -0.05) is 30.3 Å². The maximum absolute atomic E-state index is 12.7. The molecule has 2 heterocycles. The Morgan fingerprint density at radius 1 is 1.28 bits per heavy atom. The topological polar surface area (TPSA) is 47.4 Å². The zero-order valence-electron chi connectivity index (χ0n) is 15.4. The third-order valence-corrected chi connectivity index (χ3v) is 5.08. The molecule has 0 radical (unpaired) electrons. The highest BCUT2D eigenvalue weighted by Gasteiger charge is 2.25. The van der Waals surface area contributed by atoms with Crippen molar-refractivity contribution in [1.82, 2.24) is 14.7 Å². The number of carbonyl (C=O) groups excluding carboxylic acids is 1. The molecule has 1 aliphatic heterocycles. The van der Waals surface area contributed by atoms with Crippen LogP contribution in [0.3, 0.4) is 0 Å². The summed E-state index contributed by atoms with van der Waals surface area (Å²) in [5.74, 6) is 0.173. The van der Waals surface area contributed by atoms with Crippen molar-refractivity contribution in [3.8, 4) is 0 Å². The van der Waals surface area contributed by atoms with E-state index in [-0.39, 0.29) is 12.0 Å². The number of aromatic nitrogens is 2. The Balaban J connectivity index is 1.56. The van der Waals surface area contributed by atoms with E-state index in [4.69, 9.17) is 4.74 Å². The van der Waals surface area contributed by atoms with Crippen molar-refractivity contribution in [2.75, 3.05) is 19.7 Å². The van der Waals surface area contributed by atoms with Gasteiger partial charge in [-0.2, -0.15) is 5.10 Å². The lowest BCUT2D eigenvalue weighted by Crippen LogP contribution is -2.46. The molecule has 2 aromatic rings. The second kappa shape index (κ2) is 7.83. The molecular weight excluding hydrogens is 314 g/mol. The number of morpholine rings is 1. The molecule has 1 aliphatic rings. The standard InChI is InChI=1S/C20H27N3O2/c1-15-19(16(2)22(3)21-15)13-20(24)23-11-12-25-18(14-23)10-9-17-7-5-4-6-8-17/h4-8,18H,9-14H2,1-3H3. The number of carbonyl (C=O) groups is 1. The van der Waals surface area contributed by atoms with Gasteiger partial charge in [0, 0.05) is 31.4 Å². The number of ether oxygens (including phenoxy) is 1. The maximum Gasteiger partial charge on any atom is 0.227 e. The zero-order valence-corrected chi connectivity index (χ0v) is 15.4. The Morgan fingerprint density at radius 2 is 2.04 bits per heavy atom. The van der Waals surface area contributed by atoms with E-state index < -0.39 is 0 Å². The van der Waals surface area contributed by atoms with E-state index in [1.54, 1.807) is 0 Å². The minimum atomic E-state index is 0.119. The average molecular weight is 341 g/mol. The predicted octanol–water partition coefficient (Wildman–Crippen LogP) is 2.44. The van der Waals surface area contributed by atoms with Crippen LogP contribution < -0.4 is 0 Å². The van der Waals surface area contributed by atoms with Crippen LogP contribution in [0.15, 0.2) is 30.3 Å². The molecule has 25 heavy (non-hydrogen) atoms. The summed E-state index contributed by atoms with van der Waals surface area (Å²) in [6.07, 6.45) is 2.47. The molecule has 1 aromatic heterocycles. The normalized spacial score (nSPS) is 17.7. The largest absolute Gasteiger partial charge is 0.375 e. The summed E-state index contributed by atoms with van der Waals surface area (Å²) in [6.45, 7) is 5.97. The molecule has 1 aromatic carbocycles. The Kier molecular flexibility index (Phi) is 5.53. The van der Waals surface area contributed by atoms with E-state index in [0.29, 0.717) is 26.1 Å². The fourth-order valence-electron chi connectivity index (χ4n) is 3.43. The molecule has 0 saturated carbocycles. The zero-order chi connectivity index (χ0) is 17.8. The number of hydrogen-bond donors (Lipinski definition) is 0. The fraction of sp³-hybridized carbons (Fsp3) is 0.500. The van der Waals surface area contributed by atoms with E-state index in [1.807, 2.05) is 36.5 Å². The summed E-state index contributed by atoms with van der Waals surface area (Å²) in [6, 6.07) is 10.4. The van der Waals surface area contributed by atoms with Gasteiger partial charge in [-0.15, -0.1) is 0 Å². The summed E-state index contributed by atoms with van der Waals surface area (Å²) >= 11 is 0. The van der Waals surface area contributed by atoms with Crippen LogP contribution in [0.25, 0.3) is 0 Å². The highest BCUT2D eigenvalue weighted by molar-refractivity contribution is 5.79. The van der Waals surface area contributed by atoms with Crippen molar-refractivity contribution in [3.63, 3.8) is 0 Å². The number of nitrogens with zero attached hydrogens (tertiary/aromatic N) is 3. The van der Waals surface area contributed by atoms with Crippen molar-refractivity contribution in [2.24, 2.45) is 7.05 Å². The molecule has 5 nitrogen and oxygen atoms in total. The molecule has 1 amide bonds. The van der Waals surface area contributed by atoms with Crippen LogP contribution in [-0.2, 0) is 29.4 Å². The van der Waals surface area contributed by atoms with Gasteiger partial charge in [-0.3, -0.25) is 9.48 Å². The van der Waals surface area contributed by atoms with Gasteiger partial charge in [0.2, 0.25) is 5.91 Å². The molecule has 5 heteroatoms. The van der Waals surface area contributed by atoms with Crippen molar-refractivity contribution in [2.45, 2.75) is 39.2 Å². The van der Waals surface area contributed by atoms with E-state index in [2.05, 4.69) is 29.4 Å². The van der Waals surface area contributed by atoms with Crippen molar-refractivity contribution in [1.29, 1.82) is 0 Å². The van der Waals surface area contributed by atoms with E-state index >= 15 is 0 Å². The summed E-state index contributed by atoms with van der Waals surface area (Å²) in [5.41, 5.74) is 4.39. The van der Waals surface area contributed by atoms with Crippen LogP contribution in [0.2, 0.25) is 0 Å². The third kappa shape index (κ3) is 4.28. The number of aryl methyl sites for hydroxylation is 3. The Bertz CT molecular complexity index is 724. The van der Waals surface area contributed by atoms with Gasteiger partial charge < -0.3 is 9.64 Å². The highest BCUT2D eigenvalue weighted by atomic mass is 16.5. The molecule has 134 valence electrons. The molecule has 0 spiro atoms. The lowest BCUT2D eigenvalue weighted by atomic mass is 10.0. The number of rotatable bonds is 5. The lowest BCUT2D eigenvalue weighted by molar-refractivity contribution is -0.138. The Labute approximate surface area is 149 Å². The third-order valence-electron chi connectivity index (χ3n) is 5.08. The van der Waals surface area contributed by atoms with Crippen LogP contribution in [0.5, 0.6) is 0 Å². The van der Waals surface area contributed by atoms with Crippen molar-refractivity contribution < 1.29 is 9.53 Å². The first-order valence-corrected chi connectivity index (χ1v) is 8.97. The fourth-order valence-corrected chi connectivity index (χ4v) is 3.43. The minimum Gasteiger partial charge on any atom is -0.375 e. The Hall–Kier alpha value is -2.14. The van der Waals surface area contributed by atoms with Crippen LogP contribution in [0.1, 0.15) is 28.9 Å². The highest BCUT2D eigenvalue weighted by Crippen LogP contribution is 2.17. The SMILES string of the molecule is Cc1nn(C)c(C)c1CC(=O)N1CCOC(CCc2ccccc2)C1. The number of benzene rings is 1. The van der Waals surface area contributed by atoms with Crippen LogP contribution in [0, 0.1) is 13.8 Å². The van der Waals surface area contributed by atoms with E-state index in [9.17, 15) is 4.79 Å². The molecule has 0 aliphatic carbocycles. The van der Waals surface area contributed by atoms with Gasteiger partial charge in [0.25, 0.3) is 0 Å². The van der Waals surface area contributed by atoms with Gasteiger partial charge in [0.1, 0.15) is 0 Å². The van der Waals surface area contributed by atoms with E-state index in [1.165, 1.54) is 5.56 Å². The van der Waals surface area contributed by atoms with Crippen molar-refractivity contribution >= 4 is 5.91 Å². The van der Waals surface area contributed by atoms with Crippen LogP contribution in [-0.4, -0.2) is 46.4 Å². The van der Waals surface area contributed by atoms with E-state index in [0.717, 1.165) is 29.8 Å². The molecule has 1 saturated heterocycles. The van der Waals surface area contributed by atoms with Crippen molar-refractivity contribution in [3.05, 3.63) is 52.8 Å². The molecular formula is C20H27N3O2. The lowest BCUT2D eigenvalue weighted by Gasteiger charge is -2.33. The van der Waals surface area contributed by atoms with Gasteiger partial charge in [0.05, 0.1) is 24.8 Å². The van der Waals surface area contributed by atoms with Gasteiger partial charge in [-0.05, 0) is 32.3 Å². The Morgan fingerprint density at radius 3 is 2.72 bits per heavy atom. The van der Waals surface area contributed by atoms with Crippen LogP contribution >= 0.6 is 0 Å². The molecule has 1 fully saturated rings. The summed E-state index contributed by atoms with van der Waals surface area (Å²) in [7, 11) is 1.92. The molecule has 0 bridgehead atoms. The van der Waals surface area contributed by atoms with Crippen LogP contribution in [0.4, 0.5) is 0 Å². The summed E-state index contributed by atoms with van der Waals surface area (Å²) in [5, 5.41) is 4.41. The minimum absolute atomic E-state index is 0.119. The second-order valence-corrected chi connectivity index (χ2v) is 6.81. The first-order valence-electron chi connectivity index (χ1n) is 8.97. The first kappa shape index (κ1) is 17.7. The summed E-state index contributed by atoms with van der Waals surface area (Å²) in [4.78, 5) is 14.7. The second-order valence-electron chi connectivity index (χ2n) is 6.81. The molecule has 3 rings (SSSR count). The van der Waals surface area contributed by atoms with Gasteiger partial charge in [0.15, 0.2) is 0 Å². The van der Waals surface area contributed by atoms with Gasteiger partial charge in [-0.25, -0.2) is 0 Å². The molecule has 1 atom stereocenters. The molecule has 0 N–H and O–H groups in total. The number of amides is 1. The maximum atomic E-state index is 12.7. The quantitative estimate of drug-likeness (QED) is 0.839. The first-order chi connectivity index (χ1) is 12.0. The predicted molar refractivity (Wildman–Crippen MR) is 97.5 cm³/mol.